The molecular weight excluding hydrogens is 248 g/mol. The molecule has 0 amide bonds. The van der Waals surface area contributed by atoms with Gasteiger partial charge in [-0.3, -0.25) is 0 Å². The predicted octanol–water partition coefficient (Wildman–Crippen LogP) is 2.64. The van der Waals surface area contributed by atoms with Crippen LogP contribution in [-0.4, -0.2) is 25.7 Å². The number of nitrogens with one attached hydrogen (secondary N) is 1. The molecule has 0 saturated carbocycles. The zero-order chi connectivity index (χ0) is 13.3. The van der Waals surface area contributed by atoms with Gasteiger partial charge in [-0.25, -0.2) is 4.39 Å². The number of hydrogen-bond acceptors (Lipinski definition) is 2. The van der Waals surface area contributed by atoms with E-state index in [1.54, 1.807) is 4.90 Å². The van der Waals surface area contributed by atoms with Crippen LogP contribution >= 0.6 is 0 Å². The number of benzene rings is 1. The van der Waals surface area contributed by atoms with Crippen LogP contribution in [0.2, 0.25) is 0 Å². The van der Waals surface area contributed by atoms with Crippen LogP contribution in [0, 0.1) is 5.82 Å². The first-order valence-electron chi connectivity index (χ1n) is 5.73. The van der Waals surface area contributed by atoms with Crippen LogP contribution in [0.15, 0.2) is 18.2 Å². The second-order valence-corrected chi connectivity index (χ2v) is 4.47. The van der Waals surface area contributed by atoms with Crippen molar-refractivity contribution in [1.29, 1.82) is 0 Å². The number of alkyl halides is 3. The van der Waals surface area contributed by atoms with Gasteiger partial charge in [-0.15, -0.1) is 0 Å². The van der Waals surface area contributed by atoms with E-state index in [-0.39, 0.29) is 11.7 Å². The van der Waals surface area contributed by atoms with Crippen LogP contribution in [0.3, 0.4) is 0 Å². The van der Waals surface area contributed by atoms with Gasteiger partial charge in [-0.05, 0) is 25.1 Å². The molecule has 0 spiro atoms. The lowest BCUT2D eigenvalue weighted by molar-refractivity contribution is -0.137. The average molecular weight is 262 g/mol. The minimum absolute atomic E-state index is 0.195. The van der Waals surface area contributed by atoms with Crippen molar-refractivity contribution in [2.75, 3.05) is 24.5 Å². The third-order valence-electron chi connectivity index (χ3n) is 2.98. The number of hydrogen-bond donors (Lipinski definition) is 1. The van der Waals surface area contributed by atoms with E-state index in [4.69, 9.17) is 0 Å². The first-order chi connectivity index (χ1) is 8.38. The lowest BCUT2D eigenvalue weighted by Crippen LogP contribution is -2.49. The Morgan fingerprint density at radius 1 is 1.33 bits per heavy atom. The molecule has 1 heterocycles. The molecule has 0 bridgehead atoms. The number of piperazine rings is 1. The minimum Gasteiger partial charge on any atom is -0.366 e. The van der Waals surface area contributed by atoms with Gasteiger partial charge in [0, 0.05) is 25.7 Å². The van der Waals surface area contributed by atoms with Crippen LogP contribution in [0.4, 0.5) is 23.2 Å². The topological polar surface area (TPSA) is 15.3 Å². The molecule has 1 aromatic carbocycles. The molecule has 18 heavy (non-hydrogen) atoms. The summed E-state index contributed by atoms with van der Waals surface area (Å²) in [6, 6.07) is 2.88. The van der Waals surface area contributed by atoms with E-state index in [0.29, 0.717) is 25.7 Å². The molecule has 2 nitrogen and oxygen atoms in total. The average Bonchev–Trinajstić information content (AvgIpc) is 2.27. The van der Waals surface area contributed by atoms with Gasteiger partial charge < -0.3 is 10.2 Å². The summed E-state index contributed by atoms with van der Waals surface area (Å²) in [5, 5.41) is 3.19. The number of halogens is 4. The van der Waals surface area contributed by atoms with E-state index in [1.807, 2.05) is 6.92 Å². The van der Waals surface area contributed by atoms with Crippen molar-refractivity contribution in [2.45, 2.75) is 19.1 Å². The van der Waals surface area contributed by atoms with E-state index in [9.17, 15) is 17.6 Å². The van der Waals surface area contributed by atoms with Crippen molar-refractivity contribution in [3.05, 3.63) is 29.6 Å². The molecule has 0 unspecified atom stereocenters. The Morgan fingerprint density at radius 2 is 2.06 bits per heavy atom. The van der Waals surface area contributed by atoms with Crippen LogP contribution in [0.25, 0.3) is 0 Å². The molecule has 0 aromatic heterocycles. The molecule has 1 fully saturated rings. The molecule has 1 saturated heterocycles. The van der Waals surface area contributed by atoms with Gasteiger partial charge in [-0.1, -0.05) is 0 Å². The van der Waals surface area contributed by atoms with Crippen molar-refractivity contribution >= 4 is 5.69 Å². The highest BCUT2D eigenvalue weighted by Crippen LogP contribution is 2.32. The second kappa shape index (κ2) is 4.76. The molecule has 6 heteroatoms. The lowest BCUT2D eigenvalue weighted by Gasteiger charge is -2.33. The highest BCUT2D eigenvalue weighted by Gasteiger charge is 2.31. The van der Waals surface area contributed by atoms with Crippen LogP contribution in [0.1, 0.15) is 12.5 Å². The Morgan fingerprint density at radius 3 is 2.61 bits per heavy atom. The lowest BCUT2D eigenvalue weighted by atomic mass is 10.1. The molecule has 1 atom stereocenters. The Bertz CT molecular complexity index is 431. The molecule has 1 N–H and O–H groups in total. The van der Waals surface area contributed by atoms with Crippen LogP contribution < -0.4 is 10.2 Å². The molecular formula is C12H14F4N2. The molecule has 1 aliphatic heterocycles. The van der Waals surface area contributed by atoms with E-state index in [1.165, 1.54) is 6.07 Å². The van der Waals surface area contributed by atoms with Gasteiger partial charge in [0.05, 0.1) is 11.3 Å². The highest BCUT2D eigenvalue weighted by atomic mass is 19.4. The monoisotopic (exact) mass is 262 g/mol. The summed E-state index contributed by atoms with van der Waals surface area (Å²) in [5.74, 6) is -0.820. The Kier molecular flexibility index (Phi) is 3.47. The Balaban J connectivity index is 2.24. The largest absolute Gasteiger partial charge is 0.416 e. The van der Waals surface area contributed by atoms with Gasteiger partial charge in [0.15, 0.2) is 0 Å². The number of rotatable bonds is 1. The zero-order valence-corrected chi connectivity index (χ0v) is 9.89. The molecule has 1 aromatic rings. The molecule has 2 rings (SSSR count). The standard InChI is InChI=1S/C12H14F4N2/c1-8-7-18(5-4-17-8)11-3-2-9(6-10(11)13)12(14,15)16/h2-3,6,8,17H,4-5,7H2,1H3/t8-/m0/s1. The van der Waals surface area contributed by atoms with Gasteiger partial charge in [-0.2, -0.15) is 13.2 Å². The fourth-order valence-corrected chi connectivity index (χ4v) is 2.09. The summed E-state index contributed by atoms with van der Waals surface area (Å²) in [7, 11) is 0. The van der Waals surface area contributed by atoms with Gasteiger partial charge in [0.1, 0.15) is 5.82 Å². The summed E-state index contributed by atoms with van der Waals surface area (Å²) in [6.07, 6.45) is -4.50. The van der Waals surface area contributed by atoms with Crippen molar-refractivity contribution in [1.82, 2.24) is 5.32 Å². The predicted molar refractivity (Wildman–Crippen MR) is 61.1 cm³/mol. The maximum absolute atomic E-state index is 13.7. The Labute approximate surface area is 103 Å². The quantitative estimate of drug-likeness (QED) is 0.783. The van der Waals surface area contributed by atoms with Crippen molar-refractivity contribution in [2.24, 2.45) is 0 Å². The molecule has 100 valence electrons. The van der Waals surface area contributed by atoms with Crippen molar-refractivity contribution in [3.63, 3.8) is 0 Å². The van der Waals surface area contributed by atoms with E-state index in [2.05, 4.69) is 5.32 Å². The van der Waals surface area contributed by atoms with Gasteiger partial charge in [0.2, 0.25) is 0 Å². The fraction of sp³-hybridized carbons (Fsp3) is 0.500. The van der Waals surface area contributed by atoms with Crippen molar-refractivity contribution in [3.8, 4) is 0 Å². The van der Waals surface area contributed by atoms with Crippen molar-refractivity contribution < 1.29 is 17.6 Å². The summed E-state index contributed by atoms with van der Waals surface area (Å²) in [6.45, 7) is 3.82. The van der Waals surface area contributed by atoms with Gasteiger partial charge in [0.25, 0.3) is 0 Å². The maximum atomic E-state index is 13.7. The molecule has 0 aliphatic carbocycles. The summed E-state index contributed by atoms with van der Waals surface area (Å²) < 4.78 is 51.0. The summed E-state index contributed by atoms with van der Waals surface area (Å²) in [4.78, 5) is 1.76. The molecule has 1 aliphatic rings. The van der Waals surface area contributed by atoms with Crippen LogP contribution in [-0.2, 0) is 6.18 Å². The first kappa shape index (κ1) is 13.1. The number of nitrogens with zero attached hydrogens (tertiary/aromatic N) is 1. The summed E-state index contributed by atoms with van der Waals surface area (Å²) in [5.41, 5.74) is -0.719. The number of anilines is 1. The van der Waals surface area contributed by atoms with E-state index in [0.717, 1.165) is 6.07 Å². The second-order valence-electron chi connectivity index (χ2n) is 4.47. The third-order valence-corrected chi connectivity index (χ3v) is 2.98. The van der Waals surface area contributed by atoms with E-state index >= 15 is 0 Å². The van der Waals surface area contributed by atoms with E-state index < -0.39 is 17.6 Å². The molecule has 0 radical (unpaired) electrons. The van der Waals surface area contributed by atoms with Gasteiger partial charge >= 0.3 is 6.18 Å². The zero-order valence-electron chi connectivity index (χ0n) is 9.89. The normalized spacial score (nSPS) is 21.2. The maximum Gasteiger partial charge on any atom is 0.416 e. The Hall–Kier alpha value is -1.30. The highest BCUT2D eigenvalue weighted by molar-refractivity contribution is 5.50. The third kappa shape index (κ3) is 2.75. The minimum atomic E-state index is -4.50. The first-order valence-corrected chi connectivity index (χ1v) is 5.73. The fourth-order valence-electron chi connectivity index (χ4n) is 2.09. The SMILES string of the molecule is C[C@H]1CN(c2ccc(C(F)(F)F)cc2F)CCN1. The van der Waals surface area contributed by atoms with Crippen LogP contribution in [0.5, 0.6) is 0 Å². The summed E-state index contributed by atoms with van der Waals surface area (Å²) >= 11 is 0. The smallest absolute Gasteiger partial charge is 0.366 e.